The Kier molecular flexibility index (Phi) is 2.80. The Morgan fingerprint density at radius 2 is 2.40 bits per heavy atom. The third-order valence-electron chi connectivity index (χ3n) is 3.31. The fourth-order valence-corrected chi connectivity index (χ4v) is 2.54. The minimum absolute atomic E-state index is 0.412. The Balaban J connectivity index is 2.04. The van der Waals surface area contributed by atoms with Gasteiger partial charge < -0.3 is 9.67 Å². The number of aromatic nitrogens is 1. The Morgan fingerprint density at radius 3 is 3.00 bits per heavy atom. The summed E-state index contributed by atoms with van der Waals surface area (Å²) in [6, 6.07) is 3.47. The van der Waals surface area contributed by atoms with Crippen LogP contribution in [-0.4, -0.2) is 15.6 Å². The van der Waals surface area contributed by atoms with Gasteiger partial charge in [0.25, 0.3) is 0 Å². The monoisotopic (exact) mass is 207 g/mol. The van der Waals surface area contributed by atoms with E-state index in [1.165, 1.54) is 19.3 Å². The van der Waals surface area contributed by atoms with Crippen molar-refractivity contribution in [2.75, 3.05) is 0 Å². The molecular formula is C12H17NO2. The van der Waals surface area contributed by atoms with E-state index in [-0.39, 0.29) is 0 Å². The highest BCUT2D eigenvalue weighted by molar-refractivity contribution is 5.85. The first-order valence-electron chi connectivity index (χ1n) is 5.55. The van der Waals surface area contributed by atoms with E-state index in [2.05, 4.69) is 6.92 Å². The summed E-state index contributed by atoms with van der Waals surface area (Å²) in [6.45, 7) is 3.13. The molecule has 0 amide bonds. The number of hydrogen-bond acceptors (Lipinski definition) is 1. The van der Waals surface area contributed by atoms with E-state index in [9.17, 15) is 4.79 Å². The number of aromatic carboxylic acids is 1. The fraction of sp³-hybridized carbons (Fsp3) is 0.583. The molecule has 2 atom stereocenters. The topological polar surface area (TPSA) is 42.2 Å². The van der Waals surface area contributed by atoms with Gasteiger partial charge in [-0.15, -0.1) is 0 Å². The highest BCUT2D eigenvalue weighted by Crippen LogP contribution is 2.31. The minimum Gasteiger partial charge on any atom is -0.477 e. The zero-order chi connectivity index (χ0) is 10.8. The summed E-state index contributed by atoms with van der Waals surface area (Å²) in [5, 5.41) is 8.96. The molecule has 82 valence electrons. The van der Waals surface area contributed by atoms with Gasteiger partial charge in [0.2, 0.25) is 0 Å². The fourth-order valence-electron chi connectivity index (χ4n) is 2.54. The molecule has 1 aromatic rings. The molecule has 15 heavy (non-hydrogen) atoms. The maximum atomic E-state index is 10.9. The highest BCUT2D eigenvalue weighted by atomic mass is 16.4. The standard InChI is InChI=1S/C12H17NO2/c1-9-4-5-10(7-9)8-13-6-2-3-11(13)12(14)15/h2-3,6,9-10H,4-5,7-8H2,1H3,(H,14,15). The van der Waals surface area contributed by atoms with Crippen LogP contribution in [0.1, 0.15) is 36.7 Å². The smallest absolute Gasteiger partial charge is 0.352 e. The van der Waals surface area contributed by atoms with E-state index in [0.29, 0.717) is 11.6 Å². The van der Waals surface area contributed by atoms with E-state index in [0.717, 1.165) is 12.5 Å². The van der Waals surface area contributed by atoms with Crippen LogP contribution in [0, 0.1) is 11.8 Å². The summed E-state index contributed by atoms with van der Waals surface area (Å²) in [5.74, 6) is 0.635. The Morgan fingerprint density at radius 1 is 1.60 bits per heavy atom. The zero-order valence-corrected chi connectivity index (χ0v) is 9.02. The first-order valence-corrected chi connectivity index (χ1v) is 5.55. The lowest BCUT2D eigenvalue weighted by molar-refractivity contribution is 0.0684. The van der Waals surface area contributed by atoms with Gasteiger partial charge in [0, 0.05) is 12.7 Å². The molecule has 2 unspecified atom stereocenters. The molecule has 0 saturated heterocycles. The summed E-state index contributed by atoms with van der Waals surface area (Å²) >= 11 is 0. The van der Waals surface area contributed by atoms with E-state index in [4.69, 9.17) is 5.11 Å². The largest absolute Gasteiger partial charge is 0.477 e. The summed E-state index contributed by atoms with van der Waals surface area (Å²) in [4.78, 5) is 10.9. The van der Waals surface area contributed by atoms with Crippen LogP contribution in [0.3, 0.4) is 0 Å². The molecule has 1 heterocycles. The molecule has 3 nitrogen and oxygen atoms in total. The van der Waals surface area contributed by atoms with E-state index >= 15 is 0 Å². The van der Waals surface area contributed by atoms with Crippen LogP contribution in [0.2, 0.25) is 0 Å². The average Bonchev–Trinajstić information content (AvgIpc) is 2.75. The Hall–Kier alpha value is -1.25. The number of rotatable bonds is 3. The van der Waals surface area contributed by atoms with Crippen LogP contribution < -0.4 is 0 Å². The van der Waals surface area contributed by atoms with Crippen molar-refractivity contribution in [3.8, 4) is 0 Å². The summed E-state index contributed by atoms with van der Waals surface area (Å²) in [6.07, 6.45) is 5.62. The molecule has 1 N–H and O–H groups in total. The Labute approximate surface area is 89.7 Å². The maximum Gasteiger partial charge on any atom is 0.352 e. The van der Waals surface area contributed by atoms with Gasteiger partial charge in [-0.1, -0.05) is 13.3 Å². The molecule has 1 aliphatic rings. The van der Waals surface area contributed by atoms with Gasteiger partial charge in [0.15, 0.2) is 0 Å². The number of carbonyl (C=O) groups is 1. The molecule has 1 saturated carbocycles. The lowest BCUT2D eigenvalue weighted by Gasteiger charge is -2.12. The lowest BCUT2D eigenvalue weighted by atomic mass is 10.1. The quantitative estimate of drug-likeness (QED) is 0.827. The van der Waals surface area contributed by atoms with Crippen LogP contribution in [0.4, 0.5) is 0 Å². The molecule has 0 spiro atoms. The number of carboxylic acid groups (broad SMARTS) is 1. The third-order valence-corrected chi connectivity index (χ3v) is 3.31. The van der Waals surface area contributed by atoms with Crippen LogP contribution in [-0.2, 0) is 6.54 Å². The van der Waals surface area contributed by atoms with Crippen LogP contribution >= 0.6 is 0 Å². The second-order valence-electron chi connectivity index (χ2n) is 4.64. The van der Waals surface area contributed by atoms with E-state index in [1.807, 2.05) is 16.8 Å². The molecule has 0 aliphatic heterocycles. The first kappa shape index (κ1) is 10.3. The lowest BCUT2D eigenvalue weighted by Crippen LogP contribution is -2.12. The third kappa shape index (κ3) is 2.22. The first-order chi connectivity index (χ1) is 7.16. The molecule has 3 heteroatoms. The predicted octanol–water partition coefficient (Wildman–Crippen LogP) is 2.62. The van der Waals surface area contributed by atoms with Crippen LogP contribution in [0.25, 0.3) is 0 Å². The Bertz CT molecular complexity index is 356. The van der Waals surface area contributed by atoms with Crippen molar-refractivity contribution in [3.05, 3.63) is 24.0 Å². The number of hydrogen-bond donors (Lipinski definition) is 1. The van der Waals surface area contributed by atoms with Gasteiger partial charge in [-0.05, 0) is 36.8 Å². The van der Waals surface area contributed by atoms with Crippen molar-refractivity contribution in [2.45, 2.75) is 32.7 Å². The van der Waals surface area contributed by atoms with Crippen molar-refractivity contribution in [3.63, 3.8) is 0 Å². The van der Waals surface area contributed by atoms with E-state index in [1.54, 1.807) is 6.07 Å². The molecule has 0 aromatic carbocycles. The van der Waals surface area contributed by atoms with Gasteiger partial charge in [0.05, 0.1) is 0 Å². The molecule has 0 bridgehead atoms. The average molecular weight is 207 g/mol. The molecule has 2 rings (SSSR count). The summed E-state index contributed by atoms with van der Waals surface area (Å²) in [5.41, 5.74) is 0.412. The van der Waals surface area contributed by atoms with Gasteiger partial charge >= 0.3 is 5.97 Å². The normalized spacial score (nSPS) is 25.7. The predicted molar refractivity (Wildman–Crippen MR) is 57.9 cm³/mol. The van der Waals surface area contributed by atoms with E-state index < -0.39 is 5.97 Å². The summed E-state index contributed by atoms with van der Waals surface area (Å²) < 4.78 is 1.87. The number of nitrogens with zero attached hydrogens (tertiary/aromatic N) is 1. The molecule has 0 radical (unpaired) electrons. The van der Waals surface area contributed by atoms with Crippen molar-refractivity contribution in [1.29, 1.82) is 0 Å². The highest BCUT2D eigenvalue weighted by Gasteiger charge is 2.22. The van der Waals surface area contributed by atoms with Gasteiger partial charge in [0.1, 0.15) is 5.69 Å². The SMILES string of the molecule is CC1CCC(Cn2cccc2C(=O)O)C1. The molecule has 1 fully saturated rings. The van der Waals surface area contributed by atoms with Crippen molar-refractivity contribution in [1.82, 2.24) is 4.57 Å². The summed E-state index contributed by atoms with van der Waals surface area (Å²) in [7, 11) is 0. The van der Waals surface area contributed by atoms with Crippen molar-refractivity contribution < 1.29 is 9.90 Å². The molecule has 1 aromatic heterocycles. The number of carboxylic acids is 1. The minimum atomic E-state index is -0.828. The van der Waals surface area contributed by atoms with Crippen LogP contribution in [0.15, 0.2) is 18.3 Å². The van der Waals surface area contributed by atoms with Crippen molar-refractivity contribution >= 4 is 5.97 Å². The van der Waals surface area contributed by atoms with Crippen molar-refractivity contribution in [2.24, 2.45) is 11.8 Å². The van der Waals surface area contributed by atoms with Crippen LogP contribution in [0.5, 0.6) is 0 Å². The van der Waals surface area contributed by atoms with Gasteiger partial charge in [-0.25, -0.2) is 4.79 Å². The van der Waals surface area contributed by atoms with Gasteiger partial charge in [-0.2, -0.15) is 0 Å². The second kappa shape index (κ2) is 4.09. The second-order valence-corrected chi connectivity index (χ2v) is 4.64. The maximum absolute atomic E-state index is 10.9. The molecular weight excluding hydrogens is 190 g/mol. The zero-order valence-electron chi connectivity index (χ0n) is 9.02. The molecule has 1 aliphatic carbocycles. The van der Waals surface area contributed by atoms with Gasteiger partial charge in [-0.3, -0.25) is 0 Å².